The van der Waals surface area contributed by atoms with E-state index in [0.717, 1.165) is 71.2 Å². The molecule has 4 aliphatic rings. The largest absolute Gasteiger partial charge is 0.381 e. The molecule has 0 aromatic rings. The van der Waals surface area contributed by atoms with Gasteiger partial charge in [-0.15, -0.1) is 0 Å². The molecule has 0 radical (unpaired) electrons. The summed E-state index contributed by atoms with van der Waals surface area (Å²) in [6.07, 6.45) is 6.45. The molecule has 7 nitrogen and oxygen atoms in total. The van der Waals surface area contributed by atoms with Gasteiger partial charge in [-0.25, -0.2) is 13.2 Å². The summed E-state index contributed by atoms with van der Waals surface area (Å²) < 4.78 is 32.1. The quantitative estimate of drug-likeness (QED) is 0.807. The van der Waals surface area contributed by atoms with Crippen molar-refractivity contribution in [3.05, 3.63) is 0 Å². The molecular formula is C17H29N3O4S. The highest BCUT2D eigenvalue weighted by atomic mass is 32.2. The van der Waals surface area contributed by atoms with Crippen molar-refractivity contribution in [1.29, 1.82) is 0 Å². The van der Waals surface area contributed by atoms with E-state index in [9.17, 15) is 13.2 Å². The van der Waals surface area contributed by atoms with Crippen molar-refractivity contribution in [2.75, 3.05) is 39.4 Å². The molecule has 3 aliphatic heterocycles. The first-order valence-electron chi connectivity index (χ1n) is 9.61. The lowest BCUT2D eigenvalue weighted by atomic mass is 9.82. The zero-order valence-electron chi connectivity index (χ0n) is 14.8. The molecule has 1 spiro atoms. The normalized spacial score (nSPS) is 34.4. The summed E-state index contributed by atoms with van der Waals surface area (Å²) in [6.45, 7) is 4.14. The summed E-state index contributed by atoms with van der Waals surface area (Å²) in [4.78, 5) is 14.5. The van der Waals surface area contributed by atoms with Crippen LogP contribution < -0.4 is 5.32 Å². The first-order chi connectivity index (χ1) is 12.0. The minimum Gasteiger partial charge on any atom is -0.381 e. The Balaban J connectivity index is 1.32. The second kappa shape index (κ2) is 6.70. The lowest BCUT2D eigenvalue weighted by Gasteiger charge is -2.35. The smallest absolute Gasteiger partial charge is 0.317 e. The molecule has 3 saturated heterocycles. The third kappa shape index (κ3) is 3.66. The number of carbonyl (C=O) groups excluding carboxylic acids is 1. The standard InChI is InChI=1S/C17H29N3O4S/c21-16(19-9-7-17(12-19)6-2-10-24-13-17)18-14-3-1-8-20(11-14)25(22,23)15-4-5-15/h14-15H,1-13H2,(H,18,21)/t14-,17?/m1/s1. The van der Waals surface area contributed by atoms with E-state index in [0.29, 0.717) is 13.1 Å². The molecule has 3 heterocycles. The molecule has 4 rings (SSSR count). The van der Waals surface area contributed by atoms with Gasteiger partial charge in [0.1, 0.15) is 0 Å². The fourth-order valence-electron chi connectivity index (χ4n) is 4.47. The van der Waals surface area contributed by atoms with Crippen LogP contribution >= 0.6 is 0 Å². The van der Waals surface area contributed by atoms with E-state index in [1.54, 1.807) is 4.31 Å². The number of hydrogen-bond donors (Lipinski definition) is 1. The van der Waals surface area contributed by atoms with Crippen LogP contribution in [0.1, 0.15) is 44.9 Å². The molecule has 1 unspecified atom stereocenters. The Morgan fingerprint density at radius 3 is 2.68 bits per heavy atom. The number of urea groups is 1. The molecule has 4 fully saturated rings. The molecule has 1 N–H and O–H groups in total. The number of rotatable bonds is 3. The number of carbonyl (C=O) groups is 1. The summed E-state index contributed by atoms with van der Waals surface area (Å²) >= 11 is 0. The second-order valence-corrected chi connectivity index (χ2v) is 10.4. The van der Waals surface area contributed by atoms with Crippen LogP contribution in [0, 0.1) is 5.41 Å². The van der Waals surface area contributed by atoms with Gasteiger partial charge in [0.15, 0.2) is 0 Å². The molecule has 0 bridgehead atoms. The van der Waals surface area contributed by atoms with Crippen LogP contribution in [-0.4, -0.2) is 74.3 Å². The van der Waals surface area contributed by atoms with Crippen LogP contribution in [0.3, 0.4) is 0 Å². The number of hydrogen-bond acceptors (Lipinski definition) is 4. The van der Waals surface area contributed by atoms with Crippen LogP contribution in [0.4, 0.5) is 4.79 Å². The first kappa shape index (κ1) is 17.5. The Bertz CT molecular complexity index is 613. The summed E-state index contributed by atoms with van der Waals surface area (Å²) in [6, 6.07) is -0.118. The summed E-state index contributed by atoms with van der Waals surface area (Å²) in [5.41, 5.74) is 0.142. The maximum atomic E-state index is 12.6. The molecular weight excluding hydrogens is 342 g/mol. The Morgan fingerprint density at radius 2 is 1.96 bits per heavy atom. The topological polar surface area (TPSA) is 79.0 Å². The van der Waals surface area contributed by atoms with Gasteiger partial charge in [0, 0.05) is 44.2 Å². The van der Waals surface area contributed by atoms with Gasteiger partial charge in [0.2, 0.25) is 10.0 Å². The van der Waals surface area contributed by atoms with Crippen molar-refractivity contribution < 1.29 is 17.9 Å². The molecule has 142 valence electrons. The van der Waals surface area contributed by atoms with Crippen LogP contribution in [0.2, 0.25) is 0 Å². The van der Waals surface area contributed by atoms with Gasteiger partial charge in [0.25, 0.3) is 0 Å². The van der Waals surface area contributed by atoms with Gasteiger partial charge in [0.05, 0.1) is 11.9 Å². The van der Waals surface area contributed by atoms with Crippen LogP contribution in [-0.2, 0) is 14.8 Å². The first-order valence-corrected chi connectivity index (χ1v) is 11.1. The predicted octanol–water partition coefficient (Wildman–Crippen LogP) is 1.16. The average molecular weight is 372 g/mol. The Kier molecular flexibility index (Phi) is 4.70. The molecule has 8 heteroatoms. The monoisotopic (exact) mass is 371 g/mol. The number of ether oxygens (including phenoxy) is 1. The van der Waals surface area contributed by atoms with E-state index in [1.165, 1.54) is 0 Å². The Labute approximate surface area is 150 Å². The van der Waals surface area contributed by atoms with Crippen molar-refractivity contribution in [3.63, 3.8) is 0 Å². The van der Waals surface area contributed by atoms with E-state index in [-0.39, 0.29) is 22.7 Å². The van der Waals surface area contributed by atoms with Crippen molar-refractivity contribution >= 4 is 16.1 Å². The molecule has 2 atom stereocenters. The fraction of sp³-hybridized carbons (Fsp3) is 0.941. The minimum atomic E-state index is -3.15. The number of amides is 2. The van der Waals surface area contributed by atoms with E-state index in [1.807, 2.05) is 4.90 Å². The molecule has 0 aromatic carbocycles. The highest BCUT2D eigenvalue weighted by molar-refractivity contribution is 7.90. The van der Waals surface area contributed by atoms with Crippen LogP contribution in [0.15, 0.2) is 0 Å². The SMILES string of the molecule is O=C(N[C@@H]1CCCN(S(=O)(=O)C2CC2)C1)N1CCC2(CCCOC2)C1. The van der Waals surface area contributed by atoms with Crippen molar-refractivity contribution in [1.82, 2.24) is 14.5 Å². The number of nitrogens with zero attached hydrogens (tertiary/aromatic N) is 2. The van der Waals surface area contributed by atoms with Gasteiger partial charge >= 0.3 is 6.03 Å². The molecule has 1 aliphatic carbocycles. The van der Waals surface area contributed by atoms with E-state index in [4.69, 9.17) is 4.74 Å². The predicted molar refractivity (Wildman–Crippen MR) is 93.7 cm³/mol. The van der Waals surface area contributed by atoms with Crippen molar-refractivity contribution in [3.8, 4) is 0 Å². The maximum absolute atomic E-state index is 12.6. The van der Waals surface area contributed by atoms with E-state index in [2.05, 4.69) is 5.32 Å². The lowest BCUT2D eigenvalue weighted by molar-refractivity contribution is -0.000501. The fourth-order valence-corrected chi connectivity index (χ4v) is 6.40. The second-order valence-electron chi connectivity index (χ2n) is 8.22. The average Bonchev–Trinajstić information content (AvgIpc) is 3.40. The van der Waals surface area contributed by atoms with Gasteiger partial charge in [-0.2, -0.15) is 4.31 Å². The third-order valence-corrected chi connectivity index (χ3v) is 8.51. The highest BCUT2D eigenvalue weighted by Gasteiger charge is 2.43. The van der Waals surface area contributed by atoms with E-state index >= 15 is 0 Å². The zero-order chi connectivity index (χ0) is 17.5. The molecule has 2 amide bonds. The number of piperidine rings is 1. The summed E-state index contributed by atoms with van der Waals surface area (Å²) in [5.74, 6) is 0. The Hall–Kier alpha value is -0.860. The minimum absolute atomic E-state index is 0.0434. The maximum Gasteiger partial charge on any atom is 0.317 e. The highest BCUT2D eigenvalue weighted by Crippen LogP contribution is 2.38. The lowest BCUT2D eigenvalue weighted by Crippen LogP contribution is -2.53. The summed E-state index contributed by atoms with van der Waals surface area (Å²) in [5, 5.41) is 2.91. The Morgan fingerprint density at radius 1 is 1.12 bits per heavy atom. The molecule has 1 saturated carbocycles. The van der Waals surface area contributed by atoms with Crippen molar-refractivity contribution in [2.45, 2.75) is 56.2 Å². The van der Waals surface area contributed by atoms with Gasteiger partial charge in [-0.3, -0.25) is 0 Å². The number of likely N-dealkylation sites (tertiary alicyclic amines) is 1. The van der Waals surface area contributed by atoms with E-state index < -0.39 is 10.0 Å². The van der Waals surface area contributed by atoms with Crippen LogP contribution in [0.25, 0.3) is 0 Å². The molecule has 0 aromatic heterocycles. The van der Waals surface area contributed by atoms with Crippen LogP contribution in [0.5, 0.6) is 0 Å². The van der Waals surface area contributed by atoms with Gasteiger partial charge in [-0.1, -0.05) is 0 Å². The zero-order valence-corrected chi connectivity index (χ0v) is 15.6. The van der Waals surface area contributed by atoms with Crippen molar-refractivity contribution in [2.24, 2.45) is 5.41 Å². The summed E-state index contributed by atoms with van der Waals surface area (Å²) in [7, 11) is -3.15. The van der Waals surface area contributed by atoms with Gasteiger partial charge < -0.3 is 15.0 Å². The third-order valence-electron chi connectivity index (χ3n) is 6.15. The van der Waals surface area contributed by atoms with Gasteiger partial charge in [-0.05, 0) is 44.9 Å². The number of nitrogens with one attached hydrogen (secondary N) is 1. The molecule has 25 heavy (non-hydrogen) atoms. The number of sulfonamides is 1.